The number of carboxylic acid groups (broad SMARTS) is 1. The fourth-order valence-electron chi connectivity index (χ4n) is 3.00. The van der Waals surface area contributed by atoms with E-state index in [0.29, 0.717) is 13.0 Å². The molecule has 2 aliphatic rings. The van der Waals surface area contributed by atoms with Crippen LogP contribution in [0, 0.1) is 11.3 Å². The summed E-state index contributed by atoms with van der Waals surface area (Å²) in [7, 11) is 0. The molecule has 0 bridgehead atoms. The summed E-state index contributed by atoms with van der Waals surface area (Å²) in [6.07, 6.45) is 5.35. The van der Waals surface area contributed by atoms with E-state index in [0.717, 1.165) is 12.8 Å². The van der Waals surface area contributed by atoms with Crippen molar-refractivity contribution in [3.05, 3.63) is 0 Å². The first-order valence-electron chi connectivity index (χ1n) is 5.48. The number of carbonyl (C=O) groups is 1. The topological polar surface area (TPSA) is 46.5 Å². The third-order valence-electron chi connectivity index (χ3n) is 3.84. The minimum atomic E-state index is -0.680. The number of rotatable bonds is 2. The normalized spacial score (nSPS) is 36.1. The van der Waals surface area contributed by atoms with Crippen LogP contribution in [0.2, 0.25) is 0 Å². The molecule has 2 fully saturated rings. The first-order valence-corrected chi connectivity index (χ1v) is 5.48. The molecule has 0 aromatic heterocycles. The molecular weight excluding hydrogens is 180 g/mol. The lowest BCUT2D eigenvalue weighted by atomic mass is 9.77. The second kappa shape index (κ2) is 3.54. The zero-order valence-corrected chi connectivity index (χ0v) is 8.66. The Kier molecular flexibility index (Phi) is 2.52. The van der Waals surface area contributed by atoms with E-state index in [-0.39, 0.29) is 17.4 Å². The lowest BCUT2D eigenvalue weighted by Gasteiger charge is -2.32. The van der Waals surface area contributed by atoms with Crippen LogP contribution in [-0.4, -0.2) is 23.8 Å². The Morgan fingerprint density at radius 1 is 1.43 bits per heavy atom. The largest absolute Gasteiger partial charge is 0.481 e. The molecule has 1 N–H and O–H groups in total. The zero-order valence-electron chi connectivity index (χ0n) is 8.66. The fourth-order valence-corrected chi connectivity index (χ4v) is 3.00. The van der Waals surface area contributed by atoms with Crippen molar-refractivity contribution in [1.29, 1.82) is 0 Å². The molecule has 0 amide bonds. The summed E-state index contributed by atoms with van der Waals surface area (Å²) in [6.45, 7) is 2.81. The van der Waals surface area contributed by atoms with Crippen molar-refractivity contribution in [2.45, 2.75) is 45.1 Å². The molecule has 1 heterocycles. The molecule has 1 aliphatic heterocycles. The zero-order chi connectivity index (χ0) is 10.2. The maximum Gasteiger partial charge on any atom is 0.309 e. The first kappa shape index (κ1) is 9.97. The summed E-state index contributed by atoms with van der Waals surface area (Å²) in [4.78, 5) is 11.0. The SMILES string of the molecule is CC1(C2OCCC2C(=O)O)CCCC1. The number of carboxylic acids is 1. The molecule has 0 spiro atoms. The summed E-state index contributed by atoms with van der Waals surface area (Å²) < 4.78 is 5.63. The van der Waals surface area contributed by atoms with Gasteiger partial charge in [0.05, 0.1) is 12.0 Å². The molecule has 3 nitrogen and oxygen atoms in total. The van der Waals surface area contributed by atoms with Gasteiger partial charge >= 0.3 is 5.97 Å². The van der Waals surface area contributed by atoms with Crippen LogP contribution in [0.5, 0.6) is 0 Å². The quantitative estimate of drug-likeness (QED) is 0.738. The minimum Gasteiger partial charge on any atom is -0.481 e. The Balaban J connectivity index is 2.12. The average Bonchev–Trinajstić information content (AvgIpc) is 2.71. The summed E-state index contributed by atoms with van der Waals surface area (Å²) >= 11 is 0. The Labute approximate surface area is 84.4 Å². The highest BCUT2D eigenvalue weighted by molar-refractivity contribution is 5.71. The van der Waals surface area contributed by atoms with Gasteiger partial charge in [-0.25, -0.2) is 0 Å². The van der Waals surface area contributed by atoms with Crippen LogP contribution < -0.4 is 0 Å². The van der Waals surface area contributed by atoms with E-state index >= 15 is 0 Å². The second-order valence-corrected chi connectivity index (χ2v) is 4.89. The average molecular weight is 198 g/mol. The molecule has 3 heteroatoms. The van der Waals surface area contributed by atoms with Crippen LogP contribution in [-0.2, 0) is 9.53 Å². The summed E-state index contributed by atoms with van der Waals surface area (Å²) in [5, 5.41) is 9.08. The predicted molar refractivity (Wildman–Crippen MR) is 52.1 cm³/mol. The van der Waals surface area contributed by atoms with E-state index < -0.39 is 5.97 Å². The summed E-state index contributed by atoms with van der Waals surface area (Å²) in [5.41, 5.74) is 0.125. The highest BCUT2D eigenvalue weighted by Crippen LogP contribution is 2.46. The van der Waals surface area contributed by atoms with Crippen LogP contribution in [0.4, 0.5) is 0 Å². The van der Waals surface area contributed by atoms with Crippen molar-refractivity contribution in [3.63, 3.8) is 0 Å². The molecule has 0 aromatic carbocycles. The van der Waals surface area contributed by atoms with Gasteiger partial charge in [0, 0.05) is 6.61 Å². The van der Waals surface area contributed by atoms with E-state index in [9.17, 15) is 4.79 Å². The molecule has 2 rings (SSSR count). The van der Waals surface area contributed by atoms with Gasteiger partial charge in [-0.05, 0) is 24.7 Å². The predicted octanol–water partition coefficient (Wildman–Crippen LogP) is 2.06. The maximum atomic E-state index is 11.0. The minimum absolute atomic E-state index is 0.0394. The van der Waals surface area contributed by atoms with Gasteiger partial charge < -0.3 is 9.84 Å². The Morgan fingerprint density at radius 2 is 2.07 bits per heavy atom. The molecule has 14 heavy (non-hydrogen) atoms. The summed E-state index contributed by atoms with van der Waals surface area (Å²) in [6, 6.07) is 0. The van der Waals surface area contributed by atoms with Gasteiger partial charge in [0.2, 0.25) is 0 Å². The van der Waals surface area contributed by atoms with Crippen molar-refractivity contribution in [2.75, 3.05) is 6.61 Å². The van der Waals surface area contributed by atoms with Crippen LogP contribution in [0.1, 0.15) is 39.0 Å². The van der Waals surface area contributed by atoms with Crippen LogP contribution in [0.15, 0.2) is 0 Å². The van der Waals surface area contributed by atoms with Crippen LogP contribution in [0.3, 0.4) is 0 Å². The van der Waals surface area contributed by atoms with Crippen LogP contribution in [0.25, 0.3) is 0 Å². The van der Waals surface area contributed by atoms with Crippen molar-refractivity contribution in [1.82, 2.24) is 0 Å². The van der Waals surface area contributed by atoms with Gasteiger partial charge in [-0.15, -0.1) is 0 Å². The maximum absolute atomic E-state index is 11.0. The third-order valence-corrected chi connectivity index (χ3v) is 3.84. The summed E-state index contributed by atoms with van der Waals surface area (Å²) in [5.74, 6) is -0.946. The third kappa shape index (κ3) is 1.54. The highest BCUT2D eigenvalue weighted by atomic mass is 16.5. The van der Waals surface area contributed by atoms with E-state index in [2.05, 4.69) is 6.92 Å². The lowest BCUT2D eigenvalue weighted by Crippen LogP contribution is -2.37. The number of ether oxygens (including phenoxy) is 1. The van der Waals surface area contributed by atoms with Crippen molar-refractivity contribution >= 4 is 5.97 Å². The van der Waals surface area contributed by atoms with Crippen molar-refractivity contribution < 1.29 is 14.6 Å². The number of aliphatic carboxylic acids is 1. The van der Waals surface area contributed by atoms with Gasteiger partial charge in [-0.3, -0.25) is 4.79 Å². The molecule has 0 aromatic rings. The van der Waals surface area contributed by atoms with E-state index in [1.165, 1.54) is 12.8 Å². The van der Waals surface area contributed by atoms with Gasteiger partial charge in [0.1, 0.15) is 0 Å². The Hall–Kier alpha value is -0.570. The molecule has 80 valence electrons. The molecular formula is C11H18O3. The van der Waals surface area contributed by atoms with Gasteiger partial charge in [0.25, 0.3) is 0 Å². The van der Waals surface area contributed by atoms with Crippen molar-refractivity contribution in [2.24, 2.45) is 11.3 Å². The fraction of sp³-hybridized carbons (Fsp3) is 0.909. The second-order valence-electron chi connectivity index (χ2n) is 4.89. The number of hydrogen-bond donors (Lipinski definition) is 1. The van der Waals surface area contributed by atoms with Gasteiger partial charge in [0.15, 0.2) is 0 Å². The highest BCUT2D eigenvalue weighted by Gasteiger charge is 2.47. The smallest absolute Gasteiger partial charge is 0.309 e. The molecule has 2 atom stereocenters. The monoisotopic (exact) mass is 198 g/mol. The van der Waals surface area contributed by atoms with E-state index in [1.54, 1.807) is 0 Å². The first-order chi connectivity index (χ1) is 6.63. The van der Waals surface area contributed by atoms with Crippen LogP contribution >= 0.6 is 0 Å². The van der Waals surface area contributed by atoms with Gasteiger partial charge in [-0.2, -0.15) is 0 Å². The molecule has 1 aliphatic carbocycles. The van der Waals surface area contributed by atoms with E-state index in [1.807, 2.05) is 0 Å². The lowest BCUT2D eigenvalue weighted by molar-refractivity contribution is -0.146. The Morgan fingerprint density at radius 3 is 2.64 bits per heavy atom. The van der Waals surface area contributed by atoms with Crippen molar-refractivity contribution in [3.8, 4) is 0 Å². The Bertz CT molecular complexity index is 231. The van der Waals surface area contributed by atoms with Gasteiger partial charge in [-0.1, -0.05) is 19.8 Å². The standard InChI is InChI=1S/C11H18O3/c1-11(5-2-3-6-11)9-8(10(12)13)4-7-14-9/h8-9H,2-7H2,1H3,(H,12,13). The molecule has 2 unspecified atom stereocenters. The van der Waals surface area contributed by atoms with E-state index in [4.69, 9.17) is 9.84 Å². The molecule has 1 saturated heterocycles. The number of hydrogen-bond acceptors (Lipinski definition) is 2. The molecule has 1 saturated carbocycles. The molecule has 0 radical (unpaired) electrons.